The van der Waals surface area contributed by atoms with Gasteiger partial charge in [-0.15, -0.1) is 0 Å². The molecule has 0 spiro atoms. The van der Waals surface area contributed by atoms with E-state index in [1.165, 1.54) is 4.90 Å². The number of anilines is 2. The third kappa shape index (κ3) is 6.49. The number of hydrogen-bond donors (Lipinski definition) is 7. The van der Waals surface area contributed by atoms with Crippen molar-refractivity contribution in [1.29, 1.82) is 0 Å². The van der Waals surface area contributed by atoms with E-state index in [0.717, 1.165) is 12.8 Å². The molecule has 0 saturated carbocycles. The Morgan fingerprint density at radius 3 is 2.63 bits per heavy atom. The zero-order chi connectivity index (χ0) is 33.3. The Balaban J connectivity index is 1.31. The van der Waals surface area contributed by atoms with Crippen molar-refractivity contribution in [2.24, 2.45) is 5.92 Å². The predicted molar refractivity (Wildman–Crippen MR) is 168 cm³/mol. The first-order valence-corrected chi connectivity index (χ1v) is 15.8. The van der Waals surface area contributed by atoms with Crippen LogP contribution in [0.5, 0.6) is 0 Å². The zero-order valence-corrected chi connectivity index (χ0v) is 26.7. The van der Waals surface area contributed by atoms with E-state index in [1.54, 1.807) is 66.4 Å². The summed E-state index contributed by atoms with van der Waals surface area (Å²) in [5.41, 5.74) is -0.199. The summed E-state index contributed by atoms with van der Waals surface area (Å²) in [5, 5.41) is 63.7. The summed E-state index contributed by atoms with van der Waals surface area (Å²) < 4.78 is 5.66. The largest absolute Gasteiger partial charge is 0.394 e. The van der Waals surface area contributed by atoms with Gasteiger partial charge in [0.15, 0.2) is 18.0 Å². The maximum atomic E-state index is 14.0. The molecule has 8 atom stereocenters. The molecule has 46 heavy (non-hydrogen) atoms. The first-order valence-electron chi connectivity index (χ1n) is 15.1. The second-order valence-corrected chi connectivity index (χ2v) is 12.8. The molecule has 0 aromatic heterocycles. The number of hydrogen-bond acceptors (Lipinski definition) is 10. The summed E-state index contributed by atoms with van der Waals surface area (Å²) in [5.74, 6) is -2.28. The van der Waals surface area contributed by atoms with Crippen LogP contribution in [0, 0.1) is 5.92 Å². The Labute approximate surface area is 273 Å². The molecule has 2 fully saturated rings. The fraction of sp³-hybridized carbons (Fsp3) is 0.469. The highest BCUT2D eigenvalue weighted by molar-refractivity contribution is 9.10. The third-order valence-corrected chi connectivity index (χ3v) is 9.39. The van der Waals surface area contributed by atoms with Gasteiger partial charge in [0.25, 0.3) is 11.8 Å². The van der Waals surface area contributed by atoms with E-state index < -0.39 is 54.0 Å². The summed E-state index contributed by atoms with van der Waals surface area (Å²) >= 11 is 3.43. The van der Waals surface area contributed by atoms with Gasteiger partial charge in [-0.3, -0.25) is 14.4 Å². The van der Waals surface area contributed by atoms with Crippen LogP contribution in [0.2, 0.25) is 0 Å². The SMILES string of the molecule is C[C@H](/C=C/CC(=O)N1CCC[C@H]1CO)[C@@]1(O)C(=O)N(Cc2cccc(NC(=O)[C@H]3O[C@@H](O)[C@H](O)[C@@H](O)[C@@H]3O)c2)c2ccc(Br)cc21. The van der Waals surface area contributed by atoms with Crippen molar-refractivity contribution >= 4 is 45.0 Å². The molecule has 5 rings (SSSR count). The van der Waals surface area contributed by atoms with Crippen molar-refractivity contribution in [2.45, 2.75) is 75.1 Å². The molecular formula is C32H38BrN3O10. The molecule has 2 aromatic carbocycles. The van der Waals surface area contributed by atoms with Gasteiger partial charge in [-0.2, -0.15) is 0 Å². The first-order chi connectivity index (χ1) is 21.9. The van der Waals surface area contributed by atoms with Gasteiger partial charge in [0, 0.05) is 34.6 Å². The smallest absolute Gasteiger partial charge is 0.264 e. The molecule has 0 aliphatic carbocycles. The normalized spacial score (nSPS) is 30.1. The topological polar surface area (TPSA) is 200 Å². The van der Waals surface area contributed by atoms with Crippen molar-refractivity contribution in [3.63, 3.8) is 0 Å². The van der Waals surface area contributed by atoms with Crippen LogP contribution in [0.3, 0.4) is 0 Å². The van der Waals surface area contributed by atoms with Gasteiger partial charge in [0.2, 0.25) is 5.91 Å². The molecule has 2 saturated heterocycles. The van der Waals surface area contributed by atoms with E-state index in [1.807, 2.05) is 0 Å². The molecular weight excluding hydrogens is 666 g/mol. The van der Waals surface area contributed by atoms with Crippen molar-refractivity contribution < 1.29 is 49.8 Å². The summed E-state index contributed by atoms with van der Waals surface area (Å²) in [4.78, 5) is 42.6. The number of rotatable bonds is 9. The van der Waals surface area contributed by atoms with Crippen LogP contribution in [0.15, 0.2) is 59.1 Å². The molecule has 7 N–H and O–H groups in total. The summed E-state index contributed by atoms with van der Waals surface area (Å²) in [6, 6.07) is 11.5. The number of nitrogens with one attached hydrogen (secondary N) is 1. The molecule has 3 heterocycles. The molecule has 3 aliphatic heterocycles. The quantitative estimate of drug-likeness (QED) is 0.180. The number of likely N-dealkylation sites (tertiary alicyclic amines) is 1. The molecule has 2 aromatic rings. The summed E-state index contributed by atoms with van der Waals surface area (Å²) in [6.07, 6.45) is -3.95. The molecule has 13 nitrogen and oxygen atoms in total. The van der Waals surface area contributed by atoms with Gasteiger partial charge in [-0.1, -0.05) is 47.1 Å². The van der Waals surface area contributed by atoms with Crippen LogP contribution < -0.4 is 10.2 Å². The van der Waals surface area contributed by atoms with Crippen molar-refractivity contribution in [2.75, 3.05) is 23.4 Å². The lowest BCUT2D eigenvalue weighted by Crippen LogP contribution is -2.60. The van der Waals surface area contributed by atoms with Gasteiger partial charge in [0.05, 0.1) is 24.9 Å². The number of halogens is 1. The Hall–Kier alpha value is -3.21. The Kier molecular flexibility index (Phi) is 10.3. The zero-order valence-electron chi connectivity index (χ0n) is 25.1. The number of amides is 3. The van der Waals surface area contributed by atoms with Crippen LogP contribution in [0.4, 0.5) is 11.4 Å². The highest BCUT2D eigenvalue weighted by Gasteiger charge is 2.52. The minimum atomic E-state index is -1.94. The number of carbonyl (C=O) groups excluding carboxylic acids is 3. The average Bonchev–Trinajstić information content (AvgIpc) is 3.60. The number of benzene rings is 2. The molecule has 248 valence electrons. The second kappa shape index (κ2) is 13.9. The fourth-order valence-corrected chi connectivity index (χ4v) is 6.64. The summed E-state index contributed by atoms with van der Waals surface area (Å²) in [6.45, 7) is 2.22. The maximum absolute atomic E-state index is 14.0. The number of aliphatic hydroxyl groups excluding tert-OH is 5. The van der Waals surface area contributed by atoms with Gasteiger partial charge in [-0.25, -0.2) is 0 Å². The molecule has 0 radical (unpaired) electrons. The molecule has 3 aliphatic rings. The van der Waals surface area contributed by atoms with Crippen LogP contribution in [-0.2, 0) is 31.3 Å². The minimum Gasteiger partial charge on any atom is -0.394 e. The van der Waals surface area contributed by atoms with Crippen molar-refractivity contribution in [3.05, 3.63) is 70.2 Å². The number of aliphatic hydroxyl groups is 6. The van der Waals surface area contributed by atoms with E-state index in [-0.39, 0.29) is 37.2 Å². The molecule has 3 amide bonds. The highest BCUT2D eigenvalue weighted by atomic mass is 79.9. The van der Waals surface area contributed by atoms with E-state index in [2.05, 4.69) is 21.2 Å². The van der Waals surface area contributed by atoms with Gasteiger partial charge in [-0.05, 0) is 48.7 Å². The standard InChI is InChI=1S/C32H38BrN3O10/c1-17(5-2-9-24(38)35-12-4-8-21(35)16-37)32(45)22-14-19(33)10-11-23(22)36(31(32)44)15-18-6-3-7-20(13-18)34-29(42)28-26(40)25(39)27(41)30(43)46-28/h2-3,5-7,10-11,13-14,17,21,25-28,30,37,39-41,43,45H,4,8-9,12,15-16H2,1H3,(H,34,42)/b5-2+/t17-,21+,25+,26+,27-,28+,30-,32+/m1/s1. The van der Waals surface area contributed by atoms with Crippen LogP contribution in [0.1, 0.15) is 37.3 Å². The lowest BCUT2D eigenvalue weighted by Gasteiger charge is -2.37. The van der Waals surface area contributed by atoms with E-state index >= 15 is 0 Å². The second-order valence-electron chi connectivity index (χ2n) is 11.9. The van der Waals surface area contributed by atoms with Crippen LogP contribution in [0.25, 0.3) is 0 Å². The lowest BCUT2D eigenvalue weighted by atomic mass is 9.83. The Morgan fingerprint density at radius 1 is 1.13 bits per heavy atom. The van der Waals surface area contributed by atoms with E-state index in [9.17, 15) is 45.0 Å². The van der Waals surface area contributed by atoms with Gasteiger partial charge >= 0.3 is 0 Å². The van der Waals surface area contributed by atoms with Crippen LogP contribution >= 0.6 is 15.9 Å². The highest BCUT2D eigenvalue weighted by Crippen LogP contribution is 2.47. The molecule has 0 unspecified atom stereocenters. The molecule has 14 heteroatoms. The Bertz CT molecular complexity index is 1510. The minimum absolute atomic E-state index is 0.0259. The molecule has 0 bridgehead atoms. The number of fused-ring (bicyclic) bond motifs is 1. The van der Waals surface area contributed by atoms with Gasteiger partial charge in [0.1, 0.15) is 18.3 Å². The predicted octanol–water partition coefficient (Wildman–Crippen LogP) is 0.488. The fourth-order valence-electron chi connectivity index (χ4n) is 6.28. The number of ether oxygens (including phenoxy) is 1. The number of nitrogens with zero attached hydrogens (tertiary/aromatic N) is 2. The van der Waals surface area contributed by atoms with Crippen molar-refractivity contribution in [3.8, 4) is 0 Å². The number of carbonyl (C=O) groups is 3. The van der Waals surface area contributed by atoms with Gasteiger partial charge < -0.3 is 50.5 Å². The van der Waals surface area contributed by atoms with E-state index in [4.69, 9.17) is 4.74 Å². The Morgan fingerprint density at radius 2 is 1.89 bits per heavy atom. The van der Waals surface area contributed by atoms with E-state index in [0.29, 0.717) is 27.8 Å². The summed E-state index contributed by atoms with van der Waals surface area (Å²) in [7, 11) is 0. The van der Waals surface area contributed by atoms with Crippen molar-refractivity contribution in [1.82, 2.24) is 4.90 Å². The lowest BCUT2D eigenvalue weighted by molar-refractivity contribution is -0.274. The van der Waals surface area contributed by atoms with Crippen LogP contribution in [-0.4, -0.2) is 103 Å². The average molecular weight is 705 g/mol. The monoisotopic (exact) mass is 703 g/mol. The maximum Gasteiger partial charge on any atom is 0.264 e. The third-order valence-electron chi connectivity index (χ3n) is 8.90. The first kappa shape index (κ1) is 34.1.